The maximum absolute atomic E-state index is 12.1. The Labute approximate surface area is 294 Å². The minimum absolute atomic E-state index is 0.00854. The molecule has 12 heteroatoms. The van der Waals surface area contributed by atoms with Gasteiger partial charge in [-0.25, -0.2) is 0 Å². The Morgan fingerprint density at radius 2 is 1.02 bits per heavy atom. The average Bonchev–Trinajstić information content (AvgIpc) is 3.05. The lowest BCUT2D eigenvalue weighted by Crippen LogP contribution is -2.31. The molecule has 0 aromatic rings. The van der Waals surface area contributed by atoms with Crippen LogP contribution in [0.1, 0.15) is 136 Å². The number of hydrogen-bond acceptors (Lipinski definition) is 10. The molecule has 0 heterocycles. The lowest BCUT2D eigenvalue weighted by molar-refractivity contribution is -0.137. The predicted molar refractivity (Wildman–Crippen MR) is 187 cm³/mol. The smallest absolute Gasteiger partial charge is 0.303 e. The summed E-state index contributed by atoms with van der Waals surface area (Å²) in [5.41, 5.74) is 0. The van der Waals surface area contributed by atoms with Gasteiger partial charge in [-0.05, 0) is 39.5 Å². The first-order chi connectivity index (χ1) is 23.6. The number of amides is 1. The molecule has 0 saturated carbocycles. The number of unbranched alkanes of at least 4 members (excludes halogenated alkanes) is 11. The Balaban J connectivity index is 3.44. The van der Waals surface area contributed by atoms with Crippen LogP contribution in [0.2, 0.25) is 0 Å². The third-order valence-electron chi connectivity index (χ3n) is 8.04. The van der Waals surface area contributed by atoms with Gasteiger partial charge in [0.15, 0.2) is 5.78 Å². The fraction of sp³-hybridized carbons (Fsp3) is 0.838. The number of Topliss-reactive ketones (excluding diaryl/α,β-unsaturated/α-hetero) is 4. The number of carboxylic acid groups (broad SMARTS) is 1. The average molecular weight is 700 g/mol. The van der Waals surface area contributed by atoms with Crippen molar-refractivity contribution in [1.82, 2.24) is 5.32 Å². The molecule has 0 aliphatic heterocycles. The van der Waals surface area contributed by atoms with Crippen molar-refractivity contribution >= 4 is 35.0 Å². The summed E-state index contributed by atoms with van der Waals surface area (Å²) in [5.74, 6) is -1.44. The highest BCUT2D eigenvalue weighted by molar-refractivity contribution is 5.87. The van der Waals surface area contributed by atoms with Crippen LogP contribution in [0.15, 0.2) is 0 Å². The maximum atomic E-state index is 12.1. The zero-order valence-electron chi connectivity index (χ0n) is 30.4. The Morgan fingerprint density at radius 3 is 1.57 bits per heavy atom. The number of carboxylic acids is 1. The third kappa shape index (κ3) is 35.1. The minimum atomic E-state index is -0.701. The van der Waals surface area contributed by atoms with E-state index in [2.05, 4.69) is 5.32 Å². The first-order valence-electron chi connectivity index (χ1n) is 18.4. The first kappa shape index (κ1) is 46.5. The molecule has 1 atom stereocenters. The van der Waals surface area contributed by atoms with Gasteiger partial charge in [-0.3, -0.25) is 24.0 Å². The van der Waals surface area contributed by atoms with E-state index < -0.39 is 11.9 Å². The fourth-order valence-corrected chi connectivity index (χ4v) is 5.13. The Morgan fingerprint density at radius 1 is 0.531 bits per heavy atom. The topological polar surface area (TPSA) is 172 Å². The van der Waals surface area contributed by atoms with Crippen LogP contribution in [-0.2, 0) is 47.7 Å². The molecular weight excluding hydrogens is 634 g/mol. The Bertz CT molecular complexity index is 909. The van der Waals surface area contributed by atoms with Crippen molar-refractivity contribution in [2.75, 3.05) is 59.4 Å². The number of carbonyl (C=O) groups is 6. The van der Waals surface area contributed by atoms with Crippen LogP contribution < -0.4 is 5.32 Å². The van der Waals surface area contributed by atoms with Crippen molar-refractivity contribution in [2.45, 2.75) is 136 Å². The highest BCUT2D eigenvalue weighted by atomic mass is 16.5. The van der Waals surface area contributed by atoms with Crippen molar-refractivity contribution in [3.05, 3.63) is 0 Å². The molecule has 2 N–H and O–H groups in total. The summed E-state index contributed by atoms with van der Waals surface area (Å²) in [6.45, 7) is 4.86. The van der Waals surface area contributed by atoms with Crippen molar-refractivity contribution < 1.29 is 52.8 Å². The second-order valence-electron chi connectivity index (χ2n) is 12.7. The molecule has 0 aromatic carbocycles. The fourth-order valence-electron chi connectivity index (χ4n) is 5.13. The van der Waals surface area contributed by atoms with Crippen LogP contribution in [0, 0.1) is 5.92 Å². The summed E-state index contributed by atoms with van der Waals surface area (Å²) in [6.07, 6.45) is 16.4. The molecule has 284 valence electrons. The lowest BCUT2D eigenvalue weighted by Gasteiger charge is -2.12. The molecule has 0 aliphatic rings. The SMILES string of the molecule is CC(=O)CC[C@H](CC(=O)COCCOCCNC(=O)COCCOCCCC(=O)CCCCCCCCCCCCCCC(=O)O)C(C)=O. The van der Waals surface area contributed by atoms with Gasteiger partial charge in [0, 0.05) is 51.2 Å². The number of nitrogens with one attached hydrogen (secondary N) is 1. The molecule has 1 amide bonds. The third-order valence-corrected chi connectivity index (χ3v) is 8.04. The maximum Gasteiger partial charge on any atom is 0.303 e. The monoisotopic (exact) mass is 699 g/mol. The number of rotatable bonds is 38. The summed E-state index contributed by atoms with van der Waals surface area (Å²) >= 11 is 0. The van der Waals surface area contributed by atoms with Gasteiger partial charge in [-0.1, -0.05) is 64.2 Å². The van der Waals surface area contributed by atoms with Crippen LogP contribution in [0.5, 0.6) is 0 Å². The second-order valence-corrected chi connectivity index (χ2v) is 12.7. The molecule has 0 saturated heterocycles. The van der Waals surface area contributed by atoms with E-state index in [0.29, 0.717) is 45.4 Å². The molecular formula is C37H65NO11. The van der Waals surface area contributed by atoms with Crippen molar-refractivity contribution in [3.63, 3.8) is 0 Å². The van der Waals surface area contributed by atoms with Crippen LogP contribution >= 0.6 is 0 Å². The molecule has 0 unspecified atom stereocenters. The van der Waals surface area contributed by atoms with Gasteiger partial charge in [0.25, 0.3) is 0 Å². The van der Waals surface area contributed by atoms with Crippen molar-refractivity contribution in [1.29, 1.82) is 0 Å². The van der Waals surface area contributed by atoms with Gasteiger partial charge in [0.05, 0.1) is 33.0 Å². The van der Waals surface area contributed by atoms with E-state index >= 15 is 0 Å². The van der Waals surface area contributed by atoms with Gasteiger partial charge in [0.1, 0.15) is 30.6 Å². The number of ether oxygens (including phenoxy) is 4. The number of carbonyl (C=O) groups excluding carboxylic acids is 5. The molecule has 0 bridgehead atoms. The predicted octanol–water partition coefficient (Wildman–Crippen LogP) is 5.60. The van der Waals surface area contributed by atoms with E-state index in [-0.39, 0.29) is 87.9 Å². The van der Waals surface area contributed by atoms with E-state index in [9.17, 15) is 28.8 Å². The normalized spacial score (nSPS) is 11.7. The Kier molecular flexibility index (Phi) is 32.2. The minimum Gasteiger partial charge on any atom is -0.481 e. The second kappa shape index (κ2) is 33.9. The molecule has 49 heavy (non-hydrogen) atoms. The molecule has 0 aromatic heterocycles. The number of ketones is 4. The molecule has 0 spiro atoms. The highest BCUT2D eigenvalue weighted by Crippen LogP contribution is 2.15. The van der Waals surface area contributed by atoms with E-state index in [1.807, 2.05) is 0 Å². The van der Waals surface area contributed by atoms with Gasteiger partial charge in [0.2, 0.25) is 5.91 Å². The van der Waals surface area contributed by atoms with Crippen LogP contribution in [-0.4, -0.2) is 99.5 Å². The Hall–Kier alpha value is -2.54. The first-order valence-corrected chi connectivity index (χ1v) is 18.4. The molecule has 0 fully saturated rings. The number of hydrogen-bond donors (Lipinski definition) is 2. The van der Waals surface area contributed by atoms with E-state index in [0.717, 1.165) is 32.1 Å². The zero-order chi connectivity index (χ0) is 36.4. The van der Waals surface area contributed by atoms with E-state index in [4.69, 9.17) is 24.1 Å². The molecule has 12 nitrogen and oxygen atoms in total. The van der Waals surface area contributed by atoms with E-state index in [1.165, 1.54) is 58.8 Å². The standard InChI is InChI=1S/C37H65NO11/c1-31(39)19-20-33(32(2)40)28-35(42)29-48-26-25-47-23-21-38-36(43)30-49-27-24-46-22-15-17-34(41)16-13-11-9-7-5-3-4-6-8-10-12-14-18-37(44)45/h33H,3-30H2,1-2H3,(H,38,43)(H,44,45)/t33-/m1/s1. The molecule has 0 radical (unpaired) electrons. The number of aliphatic carboxylic acids is 1. The van der Waals surface area contributed by atoms with Crippen LogP contribution in [0.3, 0.4) is 0 Å². The largest absolute Gasteiger partial charge is 0.481 e. The van der Waals surface area contributed by atoms with Gasteiger partial charge < -0.3 is 34.2 Å². The van der Waals surface area contributed by atoms with E-state index in [1.54, 1.807) is 0 Å². The summed E-state index contributed by atoms with van der Waals surface area (Å²) < 4.78 is 21.5. The summed E-state index contributed by atoms with van der Waals surface area (Å²) in [6, 6.07) is 0. The zero-order valence-corrected chi connectivity index (χ0v) is 30.4. The van der Waals surface area contributed by atoms with Crippen molar-refractivity contribution in [3.8, 4) is 0 Å². The van der Waals surface area contributed by atoms with Crippen molar-refractivity contribution in [2.24, 2.45) is 5.92 Å². The van der Waals surface area contributed by atoms with Crippen LogP contribution in [0.4, 0.5) is 0 Å². The summed E-state index contributed by atoms with van der Waals surface area (Å²) in [7, 11) is 0. The van der Waals surface area contributed by atoms with Gasteiger partial charge >= 0.3 is 5.97 Å². The quantitative estimate of drug-likeness (QED) is 0.0769. The summed E-state index contributed by atoms with van der Waals surface area (Å²) in [4.78, 5) is 69.2. The lowest BCUT2D eigenvalue weighted by atomic mass is 9.93. The molecule has 0 rings (SSSR count). The van der Waals surface area contributed by atoms with Gasteiger partial charge in [-0.15, -0.1) is 0 Å². The highest BCUT2D eigenvalue weighted by Gasteiger charge is 2.19. The molecule has 0 aliphatic carbocycles. The summed E-state index contributed by atoms with van der Waals surface area (Å²) in [5, 5.41) is 11.3. The van der Waals surface area contributed by atoms with Gasteiger partial charge in [-0.2, -0.15) is 0 Å². The van der Waals surface area contributed by atoms with Crippen LogP contribution in [0.25, 0.3) is 0 Å².